The first kappa shape index (κ1) is 10.7. The van der Waals surface area contributed by atoms with E-state index >= 15 is 0 Å². The van der Waals surface area contributed by atoms with Crippen molar-refractivity contribution in [3.63, 3.8) is 0 Å². The van der Waals surface area contributed by atoms with Gasteiger partial charge in [0.1, 0.15) is 5.82 Å². The summed E-state index contributed by atoms with van der Waals surface area (Å²) in [5, 5.41) is 7.26. The number of aromatic nitrogens is 3. The summed E-state index contributed by atoms with van der Waals surface area (Å²) in [6.45, 7) is 2.96. The quantitative estimate of drug-likeness (QED) is 0.843. The van der Waals surface area contributed by atoms with E-state index in [1.54, 1.807) is 0 Å². The highest BCUT2D eigenvalue weighted by Crippen LogP contribution is 2.39. The molecule has 0 bridgehead atoms. The average Bonchev–Trinajstić information content (AvgIpc) is 3.09. The normalized spacial score (nSPS) is 15.1. The molecule has 0 unspecified atom stereocenters. The molecular formula is C13H15N3S. The molecule has 4 heteroatoms. The number of hydrogen-bond acceptors (Lipinski definition) is 2. The number of nitrogens with zero attached hydrogens (tertiary/aromatic N) is 2. The first-order valence-corrected chi connectivity index (χ1v) is 6.36. The van der Waals surface area contributed by atoms with Crippen LogP contribution in [0.5, 0.6) is 0 Å². The molecule has 3 rings (SSSR count). The van der Waals surface area contributed by atoms with Crippen molar-refractivity contribution in [1.29, 1.82) is 0 Å². The highest BCUT2D eigenvalue weighted by Gasteiger charge is 2.29. The van der Waals surface area contributed by atoms with Gasteiger partial charge in [-0.25, -0.2) is 0 Å². The number of H-pyrrole nitrogens is 1. The number of benzene rings is 1. The van der Waals surface area contributed by atoms with Crippen LogP contribution >= 0.6 is 12.2 Å². The van der Waals surface area contributed by atoms with Crippen LogP contribution in [0.25, 0.3) is 0 Å². The first-order chi connectivity index (χ1) is 8.25. The molecule has 1 N–H and O–H groups in total. The monoisotopic (exact) mass is 245 g/mol. The Kier molecular flexibility index (Phi) is 2.59. The lowest BCUT2D eigenvalue weighted by Gasteiger charge is -2.08. The van der Waals surface area contributed by atoms with Gasteiger partial charge in [-0.15, -0.1) is 0 Å². The van der Waals surface area contributed by atoms with Crippen LogP contribution in [0.2, 0.25) is 0 Å². The van der Waals surface area contributed by atoms with Crippen molar-refractivity contribution in [3.8, 4) is 0 Å². The molecule has 3 nitrogen and oxygen atoms in total. The number of hydrogen-bond donors (Lipinski definition) is 1. The minimum absolute atomic E-state index is 0.618. The highest BCUT2D eigenvalue weighted by molar-refractivity contribution is 7.71. The molecule has 17 heavy (non-hydrogen) atoms. The van der Waals surface area contributed by atoms with Crippen LogP contribution in [-0.4, -0.2) is 14.8 Å². The van der Waals surface area contributed by atoms with Crippen LogP contribution in [-0.2, 0) is 6.54 Å². The maximum absolute atomic E-state index is 5.31. The van der Waals surface area contributed by atoms with Crippen LogP contribution in [0.15, 0.2) is 24.3 Å². The number of aromatic amines is 1. The number of aryl methyl sites for hydroxylation is 1. The Bertz CT molecular complexity index is 593. The smallest absolute Gasteiger partial charge is 0.195 e. The van der Waals surface area contributed by atoms with Gasteiger partial charge in [-0.3, -0.25) is 9.67 Å². The second kappa shape index (κ2) is 4.11. The van der Waals surface area contributed by atoms with Gasteiger partial charge < -0.3 is 0 Å². The lowest BCUT2D eigenvalue weighted by Crippen LogP contribution is -2.05. The van der Waals surface area contributed by atoms with Crippen LogP contribution in [0.4, 0.5) is 0 Å². The van der Waals surface area contributed by atoms with E-state index in [-0.39, 0.29) is 0 Å². The standard InChI is InChI=1S/C13H15N3S/c1-9-4-2-3-5-11(9)8-16-12(10-6-7-10)14-15-13(16)17/h2-5,10H,6-8H2,1H3,(H,15,17). The van der Waals surface area contributed by atoms with Gasteiger partial charge in [0.15, 0.2) is 4.77 Å². The molecule has 0 radical (unpaired) electrons. The molecule has 1 fully saturated rings. The van der Waals surface area contributed by atoms with Gasteiger partial charge in [0, 0.05) is 5.92 Å². The van der Waals surface area contributed by atoms with Gasteiger partial charge in [-0.1, -0.05) is 24.3 Å². The molecule has 88 valence electrons. The van der Waals surface area contributed by atoms with Crippen molar-refractivity contribution in [2.75, 3.05) is 0 Å². The molecule has 0 aliphatic heterocycles. The maximum atomic E-state index is 5.31. The number of nitrogens with one attached hydrogen (secondary N) is 1. The van der Waals surface area contributed by atoms with Crippen molar-refractivity contribution in [2.24, 2.45) is 0 Å². The topological polar surface area (TPSA) is 33.6 Å². The minimum Gasteiger partial charge on any atom is -0.299 e. The van der Waals surface area contributed by atoms with Gasteiger partial charge in [0.05, 0.1) is 6.54 Å². The van der Waals surface area contributed by atoms with Crippen LogP contribution in [0.3, 0.4) is 0 Å². The Morgan fingerprint density at radius 3 is 2.88 bits per heavy atom. The van der Waals surface area contributed by atoms with E-state index in [0.717, 1.165) is 17.1 Å². The van der Waals surface area contributed by atoms with E-state index in [2.05, 4.69) is 46.0 Å². The molecular weight excluding hydrogens is 230 g/mol. The zero-order chi connectivity index (χ0) is 11.8. The molecule has 1 aromatic carbocycles. The fraction of sp³-hybridized carbons (Fsp3) is 0.385. The summed E-state index contributed by atoms with van der Waals surface area (Å²) in [4.78, 5) is 0. The van der Waals surface area contributed by atoms with E-state index in [9.17, 15) is 0 Å². The molecule has 1 aromatic heterocycles. The fourth-order valence-corrected chi connectivity index (χ4v) is 2.30. The molecule has 0 atom stereocenters. The van der Waals surface area contributed by atoms with Crippen molar-refractivity contribution in [1.82, 2.24) is 14.8 Å². The highest BCUT2D eigenvalue weighted by atomic mass is 32.1. The molecule has 0 spiro atoms. The fourth-order valence-electron chi connectivity index (χ4n) is 2.09. The van der Waals surface area contributed by atoms with Gasteiger partial charge in [-0.2, -0.15) is 5.10 Å². The van der Waals surface area contributed by atoms with Gasteiger partial charge >= 0.3 is 0 Å². The lowest BCUT2D eigenvalue weighted by molar-refractivity contribution is 0.716. The predicted molar refractivity (Wildman–Crippen MR) is 69.7 cm³/mol. The van der Waals surface area contributed by atoms with E-state index in [1.165, 1.54) is 24.0 Å². The van der Waals surface area contributed by atoms with E-state index in [0.29, 0.717) is 5.92 Å². The second-order valence-corrected chi connectivity index (χ2v) is 5.06. The summed E-state index contributed by atoms with van der Waals surface area (Å²) < 4.78 is 2.87. The first-order valence-electron chi connectivity index (χ1n) is 5.95. The zero-order valence-corrected chi connectivity index (χ0v) is 10.6. The lowest BCUT2D eigenvalue weighted by atomic mass is 10.1. The minimum atomic E-state index is 0.618. The molecule has 1 saturated carbocycles. The van der Waals surface area contributed by atoms with E-state index in [1.807, 2.05) is 0 Å². The van der Waals surface area contributed by atoms with Gasteiger partial charge in [0.25, 0.3) is 0 Å². The van der Waals surface area contributed by atoms with Crippen molar-refractivity contribution in [3.05, 3.63) is 46.0 Å². The van der Waals surface area contributed by atoms with E-state index in [4.69, 9.17) is 12.2 Å². The Morgan fingerprint density at radius 2 is 2.18 bits per heavy atom. The SMILES string of the molecule is Cc1ccccc1Cn1c(C2CC2)n[nH]c1=S. The summed E-state index contributed by atoms with van der Waals surface area (Å²) in [6, 6.07) is 8.43. The van der Waals surface area contributed by atoms with Crippen LogP contribution < -0.4 is 0 Å². The Labute approximate surface area is 105 Å². The largest absolute Gasteiger partial charge is 0.299 e. The molecule has 2 aromatic rings. The van der Waals surface area contributed by atoms with Gasteiger partial charge in [0.2, 0.25) is 0 Å². The Hall–Kier alpha value is -1.42. The number of rotatable bonds is 3. The molecule has 1 heterocycles. The van der Waals surface area contributed by atoms with Crippen molar-refractivity contribution >= 4 is 12.2 Å². The Morgan fingerprint density at radius 1 is 1.41 bits per heavy atom. The third kappa shape index (κ3) is 2.05. The second-order valence-electron chi connectivity index (χ2n) is 4.67. The van der Waals surface area contributed by atoms with Crippen molar-refractivity contribution < 1.29 is 0 Å². The van der Waals surface area contributed by atoms with Crippen LogP contribution in [0, 0.1) is 11.7 Å². The molecule has 1 aliphatic carbocycles. The van der Waals surface area contributed by atoms with Crippen LogP contribution in [0.1, 0.15) is 35.7 Å². The average molecular weight is 245 g/mol. The Balaban J connectivity index is 1.97. The third-order valence-corrected chi connectivity index (χ3v) is 3.63. The summed E-state index contributed by atoms with van der Waals surface area (Å²) >= 11 is 5.31. The summed E-state index contributed by atoms with van der Waals surface area (Å²) in [5.74, 6) is 1.74. The molecule has 0 amide bonds. The summed E-state index contributed by atoms with van der Waals surface area (Å²) in [7, 11) is 0. The molecule has 1 aliphatic rings. The molecule has 0 saturated heterocycles. The van der Waals surface area contributed by atoms with E-state index < -0.39 is 0 Å². The summed E-state index contributed by atoms with van der Waals surface area (Å²) in [6.07, 6.45) is 2.49. The zero-order valence-electron chi connectivity index (χ0n) is 9.81. The van der Waals surface area contributed by atoms with Gasteiger partial charge in [-0.05, 0) is 43.1 Å². The third-order valence-electron chi connectivity index (χ3n) is 3.32. The van der Waals surface area contributed by atoms with Crippen molar-refractivity contribution in [2.45, 2.75) is 32.2 Å². The summed E-state index contributed by atoms with van der Waals surface area (Å²) in [5.41, 5.74) is 2.62. The predicted octanol–water partition coefficient (Wildman–Crippen LogP) is 3.17. The maximum Gasteiger partial charge on any atom is 0.195 e.